The van der Waals surface area contributed by atoms with E-state index >= 15 is 0 Å². The number of rotatable bonds is 4. The number of halogens is 1. The smallest absolute Gasteiger partial charge is 0.253 e. The molecule has 1 heterocycles. The van der Waals surface area contributed by atoms with Crippen molar-refractivity contribution in [3.63, 3.8) is 0 Å². The highest BCUT2D eigenvalue weighted by atomic mass is 79.9. The van der Waals surface area contributed by atoms with Crippen molar-refractivity contribution >= 4 is 33.4 Å². The van der Waals surface area contributed by atoms with Crippen LogP contribution >= 0.6 is 15.9 Å². The molecule has 2 aromatic rings. The first kappa shape index (κ1) is 18.6. The molecule has 6 heteroatoms. The quantitative estimate of drug-likeness (QED) is 0.833. The summed E-state index contributed by atoms with van der Waals surface area (Å²) >= 11 is 3.42. The Hall–Kier alpha value is -2.18. The number of nitrogens with zero attached hydrogens (tertiary/aromatic N) is 2. The van der Waals surface area contributed by atoms with Crippen LogP contribution in [0.5, 0.6) is 0 Å². The van der Waals surface area contributed by atoms with Crippen molar-refractivity contribution in [2.24, 2.45) is 0 Å². The van der Waals surface area contributed by atoms with Crippen LogP contribution in [0.4, 0.5) is 5.69 Å². The summed E-state index contributed by atoms with van der Waals surface area (Å²) in [7, 11) is 0. The Labute approximate surface area is 162 Å². The number of aryl methyl sites for hydroxylation is 1. The molecule has 1 saturated heterocycles. The molecule has 26 heavy (non-hydrogen) atoms. The van der Waals surface area contributed by atoms with Crippen LogP contribution in [-0.4, -0.2) is 54.3 Å². The van der Waals surface area contributed by atoms with E-state index in [1.54, 1.807) is 0 Å². The third-order valence-electron chi connectivity index (χ3n) is 4.51. The molecule has 5 nitrogen and oxygen atoms in total. The van der Waals surface area contributed by atoms with Crippen molar-refractivity contribution < 1.29 is 9.59 Å². The lowest BCUT2D eigenvalue weighted by molar-refractivity contribution is -0.117. The summed E-state index contributed by atoms with van der Waals surface area (Å²) in [5, 5.41) is 2.96. The minimum absolute atomic E-state index is 0.0294. The molecule has 0 radical (unpaired) electrons. The highest BCUT2D eigenvalue weighted by molar-refractivity contribution is 9.10. The molecule has 1 aliphatic rings. The van der Waals surface area contributed by atoms with Crippen LogP contribution in [0.2, 0.25) is 0 Å². The van der Waals surface area contributed by atoms with E-state index < -0.39 is 0 Å². The molecule has 0 spiro atoms. The summed E-state index contributed by atoms with van der Waals surface area (Å²) < 4.78 is 0.993. The van der Waals surface area contributed by atoms with E-state index in [9.17, 15) is 9.59 Å². The third kappa shape index (κ3) is 4.71. The van der Waals surface area contributed by atoms with Crippen molar-refractivity contribution in [3.05, 3.63) is 64.1 Å². The summed E-state index contributed by atoms with van der Waals surface area (Å²) in [5.41, 5.74) is 2.56. The molecular formula is C20H22BrN3O2. The summed E-state index contributed by atoms with van der Waals surface area (Å²) in [5.74, 6) is 0.0263. The van der Waals surface area contributed by atoms with Gasteiger partial charge in [0.1, 0.15) is 0 Å². The van der Waals surface area contributed by atoms with Gasteiger partial charge in [0.15, 0.2) is 0 Å². The maximum absolute atomic E-state index is 12.5. The number of hydrogen-bond acceptors (Lipinski definition) is 3. The third-order valence-corrected chi connectivity index (χ3v) is 5.00. The van der Waals surface area contributed by atoms with Crippen molar-refractivity contribution in [3.8, 4) is 0 Å². The molecule has 0 bridgehead atoms. The molecular weight excluding hydrogens is 394 g/mol. The SMILES string of the molecule is Cc1cc(Br)ccc1NC(=O)CN1CCN(C(=O)c2ccccc2)CC1. The molecule has 0 aromatic heterocycles. The van der Waals surface area contributed by atoms with Gasteiger partial charge in [0.05, 0.1) is 6.54 Å². The van der Waals surface area contributed by atoms with E-state index in [0.717, 1.165) is 15.7 Å². The number of piperazine rings is 1. The average Bonchev–Trinajstić information content (AvgIpc) is 2.65. The predicted molar refractivity (Wildman–Crippen MR) is 106 cm³/mol. The molecule has 3 rings (SSSR count). The second-order valence-electron chi connectivity index (χ2n) is 6.44. The average molecular weight is 416 g/mol. The minimum Gasteiger partial charge on any atom is -0.336 e. The van der Waals surface area contributed by atoms with Gasteiger partial charge in [0, 0.05) is 41.9 Å². The van der Waals surface area contributed by atoms with Crippen molar-refractivity contribution in [1.29, 1.82) is 0 Å². The number of nitrogens with one attached hydrogen (secondary N) is 1. The monoisotopic (exact) mass is 415 g/mol. The Balaban J connectivity index is 1.49. The van der Waals surface area contributed by atoms with Crippen LogP contribution in [0.25, 0.3) is 0 Å². The van der Waals surface area contributed by atoms with Crippen molar-refractivity contribution in [2.75, 3.05) is 38.0 Å². The molecule has 2 amide bonds. The summed E-state index contributed by atoms with van der Waals surface area (Å²) in [6, 6.07) is 15.1. The molecule has 0 unspecified atom stereocenters. The molecule has 1 N–H and O–H groups in total. The second-order valence-corrected chi connectivity index (χ2v) is 7.36. The van der Waals surface area contributed by atoms with Gasteiger partial charge in [0.25, 0.3) is 5.91 Å². The van der Waals surface area contributed by atoms with E-state index in [1.165, 1.54) is 0 Å². The van der Waals surface area contributed by atoms with Crippen LogP contribution in [0, 0.1) is 6.92 Å². The van der Waals surface area contributed by atoms with Gasteiger partial charge in [-0.2, -0.15) is 0 Å². The maximum atomic E-state index is 12.5. The van der Waals surface area contributed by atoms with E-state index in [0.29, 0.717) is 38.3 Å². The largest absolute Gasteiger partial charge is 0.336 e. The normalized spacial score (nSPS) is 14.9. The fraction of sp³-hybridized carbons (Fsp3) is 0.300. The Bertz CT molecular complexity index is 787. The number of carbonyl (C=O) groups excluding carboxylic acids is 2. The zero-order valence-electron chi connectivity index (χ0n) is 14.7. The molecule has 0 aliphatic carbocycles. The van der Waals surface area contributed by atoms with Gasteiger partial charge >= 0.3 is 0 Å². The van der Waals surface area contributed by atoms with Gasteiger partial charge in [-0.15, -0.1) is 0 Å². The van der Waals surface area contributed by atoms with Gasteiger partial charge in [-0.3, -0.25) is 14.5 Å². The number of amides is 2. The van der Waals surface area contributed by atoms with E-state index in [4.69, 9.17) is 0 Å². The highest BCUT2D eigenvalue weighted by Crippen LogP contribution is 2.20. The van der Waals surface area contributed by atoms with Gasteiger partial charge in [-0.25, -0.2) is 0 Å². The van der Waals surface area contributed by atoms with Gasteiger partial charge in [0.2, 0.25) is 5.91 Å². The Morgan fingerprint density at radius 1 is 1.04 bits per heavy atom. The zero-order chi connectivity index (χ0) is 18.5. The first-order valence-electron chi connectivity index (χ1n) is 8.65. The Morgan fingerprint density at radius 2 is 1.73 bits per heavy atom. The number of anilines is 1. The molecule has 136 valence electrons. The number of hydrogen-bond donors (Lipinski definition) is 1. The standard InChI is InChI=1S/C20H22BrN3O2/c1-15-13-17(21)7-8-18(15)22-19(25)14-23-9-11-24(12-10-23)20(26)16-5-3-2-4-6-16/h2-8,13H,9-12,14H2,1H3,(H,22,25). The van der Waals surface area contributed by atoms with Gasteiger partial charge in [-0.05, 0) is 42.8 Å². The van der Waals surface area contributed by atoms with Crippen LogP contribution in [0.15, 0.2) is 53.0 Å². The molecule has 1 fully saturated rings. The summed E-state index contributed by atoms with van der Waals surface area (Å²) in [6.45, 7) is 4.98. The second kappa shape index (κ2) is 8.47. The lowest BCUT2D eigenvalue weighted by Crippen LogP contribution is -2.50. The van der Waals surface area contributed by atoms with Crippen LogP contribution < -0.4 is 5.32 Å². The summed E-state index contributed by atoms with van der Waals surface area (Å²) in [6.07, 6.45) is 0. The van der Waals surface area contributed by atoms with Crippen LogP contribution in [0.1, 0.15) is 15.9 Å². The van der Waals surface area contributed by atoms with Gasteiger partial charge in [-0.1, -0.05) is 34.1 Å². The van der Waals surface area contributed by atoms with E-state index in [-0.39, 0.29) is 11.8 Å². The highest BCUT2D eigenvalue weighted by Gasteiger charge is 2.23. The maximum Gasteiger partial charge on any atom is 0.253 e. The predicted octanol–water partition coefficient (Wildman–Crippen LogP) is 3.15. The van der Waals surface area contributed by atoms with Crippen LogP contribution in [-0.2, 0) is 4.79 Å². The molecule has 0 saturated carbocycles. The molecule has 0 atom stereocenters. The van der Waals surface area contributed by atoms with Gasteiger partial charge < -0.3 is 10.2 Å². The zero-order valence-corrected chi connectivity index (χ0v) is 16.3. The first-order chi connectivity index (χ1) is 12.5. The van der Waals surface area contributed by atoms with Crippen molar-refractivity contribution in [1.82, 2.24) is 9.80 Å². The fourth-order valence-electron chi connectivity index (χ4n) is 3.03. The van der Waals surface area contributed by atoms with E-state index in [1.807, 2.05) is 60.4 Å². The van der Waals surface area contributed by atoms with Crippen molar-refractivity contribution in [2.45, 2.75) is 6.92 Å². The first-order valence-corrected chi connectivity index (χ1v) is 9.45. The molecule has 1 aliphatic heterocycles. The summed E-state index contributed by atoms with van der Waals surface area (Å²) in [4.78, 5) is 28.7. The topological polar surface area (TPSA) is 52.7 Å². The Morgan fingerprint density at radius 3 is 2.38 bits per heavy atom. The number of carbonyl (C=O) groups is 2. The fourth-order valence-corrected chi connectivity index (χ4v) is 3.51. The Kier molecular flexibility index (Phi) is 6.06. The number of benzene rings is 2. The lowest BCUT2D eigenvalue weighted by atomic mass is 10.2. The minimum atomic E-state index is -0.0294. The molecule has 2 aromatic carbocycles. The van der Waals surface area contributed by atoms with E-state index in [2.05, 4.69) is 26.1 Å². The van der Waals surface area contributed by atoms with Crippen LogP contribution in [0.3, 0.4) is 0 Å². The lowest BCUT2D eigenvalue weighted by Gasteiger charge is -2.34.